The van der Waals surface area contributed by atoms with E-state index in [9.17, 15) is 0 Å². The molecule has 4 heteroatoms. The lowest BCUT2D eigenvalue weighted by Crippen LogP contribution is -2.09. The van der Waals surface area contributed by atoms with Gasteiger partial charge in [-0.25, -0.2) is 0 Å². The molecule has 0 amide bonds. The van der Waals surface area contributed by atoms with E-state index < -0.39 is 0 Å². The number of nitrogens with two attached hydrogens (primary N) is 1. The fourth-order valence-electron chi connectivity index (χ4n) is 1.15. The topological polar surface area (TPSA) is 35.2 Å². The third-order valence-corrected chi connectivity index (χ3v) is 3.85. The van der Waals surface area contributed by atoms with Crippen LogP contribution in [0.15, 0.2) is 15.9 Å². The molecule has 2 N–H and O–H groups in total. The minimum atomic E-state index is 0.143. The Morgan fingerprint density at radius 1 is 1.69 bits per heavy atom. The number of halogens is 1. The summed E-state index contributed by atoms with van der Waals surface area (Å²) in [5, 5.41) is 2.05. The maximum absolute atomic E-state index is 6.01. The van der Waals surface area contributed by atoms with Crippen molar-refractivity contribution in [1.29, 1.82) is 0 Å². The SMILES string of the molecule is COCCCC(N)c1sccc1Br. The van der Waals surface area contributed by atoms with Gasteiger partial charge >= 0.3 is 0 Å². The predicted octanol–water partition coefficient (Wildman–Crippen LogP) is 2.94. The molecule has 1 aromatic heterocycles. The van der Waals surface area contributed by atoms with Crippen LogP contribution in [0.25, 0.3) is 0 Å². The highest BCUT2D eigenvalue weighted by Crippen LogP contribution is 2.29. The van der Waals surface area contributed by atoms with Gasteiger partial charge in [0.25, 0.3) is 0 Å². The zero-order valence-corrected chi connectivity index (χ0v) is 10.0. The second-order valence-electron chi connectivity index (χ2n) is 2.87. The van der Waals surface area contributed by atoms with Crippen LogP contribution in [-0.4, -0.2) is 13.7 Å². The molecule has 1 aromatic rings. The highest BCUT2D eigenvalue weighted by Gasteiger charge is 2.10. The summed E-state index contributed by atoms with van der Waals surface area (Å²) in [5.41, 5.74) is 6.01. The second-order valence-corrected chi connectivity index (χ2v) is 4.68. The summed E-state index contributed by atoms with van der Waals surface area (Å²) in [4.78, 5) is 1.23. The van der Waals surface area contributed by atoms with E-state index in [0.29, 0.717) is 0 Å². The Bertz CT molecular complexity index is 252. The van der Waals surface area contributed by atoms with Crippen molar-refractivity contribution in [2.45, 2.75) is 18.9 Å². The predicted molar refractivity (Wildman–Crippen MR) is 60.1 cm³/mol. The largest absolute Gasteiger partial charge is 0.385 e. The second kappa shape index (κ2) is 5.75. The van der Waals surface area contributed by atoms with E-state index in [1.165, 1.54) is 4.88 Å². The minimum Gasteiger partial charge on any atom is -0.385 e. The van der Waals surface area contributed by atoms with E-state index in [-0.39, 0.29) is 6.04 Å². The molecule has 1 unspecified atom stereocenters. The van der Waals surface area contributed by atoms with E-state index in [4.69, 9.17) is 10.5 Å². The van der Waals surface area contributed by atoms with Gasteiger partial charge in [-0.05, 0) is 40.2 Å². The van der Waals surface area contributed by atoms with Crippen LogP contribution in [0, 0.1) is 0 Å². The van der Waals surface area contributed by atoms with Gasteiger partial charge in [0.15, 0.2) is 0 Å². The molecule has 0 aliphatic carbocycles. The average Bonchev–Trinajstić information content (AvgIpc) is 2.52. The molecule has 0 saturated heterocycles. The molecule has 1 atom stereocenters. The Morgan fingerprint density at radius 2 is 2.46 bits per heavy atom. The Morgan fingerprint density at radius 3 is 3.00 bits per heavy atom. The van der Waals surface area contributed by atoms with Crippen molar-refractivity contribution in [1.82, 2.24) is 0 Å². The summed E-state index contributed by atoms with van der Waals surface area (Å²) in [7, 11) is 1.71. The van der Waals surface area contributed by atoms with Gasteiger partial charge in [-0.1, -0.05) is 0 Å². The van der Waals surface area contributed by atoms with Crippen molar-refractivity contribution in [3.63, 3.8) is 0 Å². The molecule has 0 aliphatic rings. The Hall–Kier alpha value is 0.100. The maximum Gasteiger partial charge on any atom is 0.0462 e. The average molecular weight is 264 g/mol. The van der Waals surface area contributed by atoms with Crippen LogP contribution in [0.2, 0.25) is 0 Å². The fraction of sp³-hybridized carbons (Fsp3) is 0.556. The maximum atomic E-state index is 6.01. The van der Waals surface area contributed by atoms with Crippen LogP contribution in [0.3, 0.4) is 0 Å². The van der Waals surface area contributed by atoms with Gasteiger partial charge in [0.2, 0.25) is 0 Å². The first kappa shape index (κ1) is 11.2. The molecule has 0 spiro atoms. The Labute approximate surface area is 91.2 Å². The quantitative estimate of drug-likeness (QED) is 0.830. The number of thiophene rings is 1. The van der Waals surface area contributed by atoms with Crippen molar-refractivity contribution < 1.29 is 4.74 Å². The number of rotatable bonds is 5. The molecule has 0 saturated carbocycles. The molecule has 1 heterocycles. The van der Waals surface area contributed by atoms with Crippen LogP contribution >= 0.6 is 27.3 Å². The number of ether oxygens (including phenoxy) is 1. The van der Waals surface area contributed by atoms with E-state index in [2.05, 4.69) is 21.3 Å². The van der Waals surface area contributed by atoms with Gasteiger partial charge in [0, 0.05) is 29.1 Å². The first-order chi connectivity index (χ1) is 6.25. The van der Waals surface area contributed by atoms with Crippen molar-refractivity contribution >= 4 is 27.3 Å². The van der Waals surface area contributed by atoms with E-state index in [0.717, 1.165) is 23.9 Å². The van der Waals surface area contributed by atoms with Crippen molar-refractivity contribution in [2.75, 3.05) is 13.7 Å². The number of methoxy groups -OCH3 is 1. The molecule has 0 radical (unpaired) electrons. The third-order valence-electron chi connectivity index (χ3n) is 1.85. The fourth-order valence-corrected chi connectivity index (χ4v) is 2.85. The summed E-state index contributed by atoms with van der Waals surface area (Å²) in [6, 6.07) is 2.18. The monoisotopic (exact) mass is 263 g/mol. The van der Waals surface area contributed by atoms with Gasteiger partial charge in [-0.15, -0.1) is 11.3 Å². The summed E-state index contributed by atoms with van der Waals surface area (Å²) in [5.74, 6) is 0. The van der Waals surface area contributed by atoms with Crippen molar-refractivity contribution in [3.8, 4) is 0 Å². The minimum absolute atomic E-state index is 0.143. The zero-order chi connectivity index (χ0) is 9.68. The number of hydrogen-bond acceptors (Lipinski definition) is 3. The molecule has 0 aliphatic heterocycles. The first-order valence-corrected chi connectivity index (χ1v) is 5.90. The molecule has 0 aromatic carbocycles. The number of hydrogen-bond donors (Lipinski definition) is 1. The third kappa shape index (κ3) is 3.38. The van der Waals surface area contributed by atoms with Crippen molar-refractivity contribution in [3.05, 3.63) is 20.8 Å². The summed E-state index contributed by atoms with van der Waals surface area (Å²) in [6.45, 7) is 0.788. The Kier molecular flexibility index (Phi) is 4.94. The van der Waals surface area contributed by atoms with Gasteiger partial charge in [-0.2, -0.15) is 0 Å². The van der Waals surface area contributed by atoms with Crippen LogP contribution in [0.1, 0.15) is 23.8 Å². The smallest absolute Gasteiger partial charge is 0.0462 e. The van der Waals surface area contributed by atoms with E-state index in [1.54, 1.807) is 18.4 Å². The van der Waals surface area contributed by atoms with Crippen LogP contribution in [0.4, 0.5) is 0 Å². The summed E-state index contributed by atoms with van der Waals surface area (Å²) >= 11 is 5.18. The molecule has 0 fully saturated rings. The van der Waals surface area contributed by atoms with Crippen LogP contribution < -0.4 is 5.73 Å². The lowest BCUT2D eigenvalue weighted by molar-refractivity contribution is 0.190. The normalized spacial score (nSPS) is 13.2. The van der Waals surface area contributed by atoms with E-state index >= 15 is 0 Å². The summed E-state index contributed by atoms with van der Waals surface area (Å²) < 4.78 is 6.10. The molecular weight excluding hydrogens is 250 g/mol. The van der Waals surface area contributed by atoms with Crippen LogP contribution in [-0.2, 0) is 4.74 Å². The molecular formula is C9H14BrNOS. The summed E-state index contributed by atoms with van der Waals surface area (Å²) in [6.07, 6.45) is 2.00. The molecule has 0 bridgehead atoms. The van der Waals surface area contributed by atoms with Crippen molar-refractivity contribution in [2.24, 2.45) is 5.73 Å². The van der Waals surface area contributed by atoms with Gasteiger partial charge in [0.1, 0.15) is 0 Å². The zero-order valence-electron chi connectivity index (χ0n) is 7.63. The van der Waals surface area contributed by atoms with Gasteiger partial charge in [-0.3, -0.25) is 0 Å². The molecule has 1 rings (SSSR count). The molecule has 74 valence electrons. The standard InChI is InChI=1S/C9H14BrNOS/c1-12-5-2-3-8(11)9-7(10)4-6-13-9/h4,6,8H,2-3,5,11H2,1H3. The Balaban J connectivity index is 2.39. The van der Waals surface area contributed by atoms with E-state index in [1.807, 2.05) is 6.07 Å². The highest BCUT2D eigenvalue weighted by molar-refractivity contribution is 9.10. The van der Waals surface area contributed by atoms with Gasteiger partial charge < -0.3 is 10.5 Å². The first-order valence-electron chi connectivity index (χ1n) is 4.23. The lowest BCUT2D eigenvalue weighted by Gasteiger charge is -2.09. The highest BCUT2D eigenvalue weighted by atomic mass is 79.9. The lowest BCUT2D eigenvalue weighted by atomic mass is 10.1. The molecule has 13 heavy (non-hydrogen) atoms. The molecule has 2 nitrogen and oxygen atoms in total. The van der Waals surface area contributed by atoms with Gasteiger partial charge in [0.05, 0.1) is 0 Å². The van der Waals surface area contributed by atoms with Crippen LogP contribution in [0.5, 0.6) is 0 Å².